The lowest BCUT2D eigenvalue weighted by atomic mass is 10.0. The van der Waals surface area contributed by atoms with Crippen molar-refractivity contribution in [1.82, 2.24) is 4.90 Å². The molecule has 0 N–H and O–H groups in total. The molecule has 0 saturated carbocycles. The van der Waals surface area contributed by atoms with Crippen molar-refractivity contribution in [3.05, 3.63) is 52.3 Å². The van der Waals surface area contributed by atoms with Gasteiger partial charge in [-0.1, -0.05) is 34.6 Å². The van der Waals surface area contributed by atoms with E-state index < -0.39 is 0 Å². The van der Waals surface area contributed by atoms with Gasteiger partial charge in [0.15, 0.2) is 12.0 Å². The van der Waals surface area contributed by atoms with Crippen molar-refractivity contribution in [2.75, 3.05) is 21.2 Å². The predicted octanol–water partition coefficient (Wildman–Crippen LogP) is 3.08. The standard InChI is InChI=1S/C14H16BrNO2/c1-10(11-5-7-12(15)8-6-11)14(18-4)13(9-17)16(2)3/h5-9H,1H2,2-4H3/b14-13+. The van der Waals surface area contributed by atoms with Crippen molar-refractivity contribution in [1.29, 1.82) is 0 Å². The van der Waals surface area contributed by atoms with Crippen LogP contribution in [0.3, 0.4) is 0 Å². The molecule has 4 heteroatoms. The van der Waals surface area contributed by atoms with E-state index in [2.05, 4.69) is 22.5 Å². The maximum absolute atomic E-state index is 11.1. The van der Waals surface area contributed by atoms with Crippen LogP contribution in [-0.2, 0) is 9.53 Å². The van der Waals surface area contributed by atoms with Gasteiger partial charge in [0.2, 0.25) is 0 Å². The number of rotatable bonds is 5. The number of aldehydes is 1. The number of hydrogen-bond donors (Lipinski definition) is 0. The van der Waals surface area contributed by atoms with Gasteiger partial charge < -0.3 is 9.64 Å². The van der Waals surface area contributed by atoms with Gasteiger partial charge in [-0.05, 0) is 17.7 Å². The normalized spacial score (nSPS) is 11.6. The van der Waals surface area contributed by atoms with Crippen LogP contribution in [0.15, 0.2) is 46.8 Å². The molecule has 0 unspecified atom stereocenters. The number of hydrogen-bond acceptors (Lipinski definition) is 3. The Bertz CT molecular complexity index is 475. The molecule has 0 aliphatic heterocycles. The second-order valence-electron chi connectivity index (χ2n) is 3.92. The molecule has 0 amide bonds. The Kier molecular flexibility index (Phi) is 5.16. The molecule has 3 nitrogen and oxygen atoms in total. The van der Waals surface area contributed by atoms with Gasteiger partial charge >= 0.3 is 0 Å². The Balaban J connectivity index is 3.21. The Morgan fingerprint density at radius 1 is 1.33 bits per heavy atom. The van der Waals surface area contributed by atoms with E-state index in [9.17, 15) is 4.79 Å². The molecule has 96 valence electrons. The summed E-state index contributed by atoms with van der Waals surface area (Å²) in [6, 6.07) is 7.68. The lowest BCUT2D eigenvalue weighted by Gasteiger charge is -2.18. The number of likely N-dealkylation sites (N-methyl/N-ethyl adjacent to an activating group) is 1. The first-order valence-corrected chi connectivity index (χ1v) is 6.16. The molecule has 0 bridgehead atoms. The average Bonchev–Trinajstić information content (AvgIpc) is 2.35. The van der Waals surface area contributed by atoms with E-state index in [1.165, 1.54) is 7.11 Å². The molecule has 0 saturated heterocycles. The SMILES string of the molecule is C=C(/C(OC)=C(/C=O)N(C)C)c1ccc(Br)cc1. The van der Waals surface area contributed by atoms with E-state index in [1.54, 1.807) is 19.0 Å². The fourth-order valence-electron chi connectivity index (χ4n) is 1.53. The van der Waals surface area contributed by atoms with Gasteiger partial charge in [-0.15, -0.1) is 0 Å². The first-order chi connectivity index (χ1) is 8.51. The first kappa shape index (κ1) is 14.5. The molecule has 0 fully saturated rings. The number of carbonyl (C=O) groups excluding carboxylic acids is 1. The van der Waals surface area contributed by atoms with E-state index in [1.807, 2.05) is 24.3 Å². The summed E-state index contributed by atoms with van der Waals surface area (Å²) in [5.74, 6) is 0.484. The Hall–Kier alpha value is -1.55. The number of methoxy groups -OCH3 is 1. The van der Waals surface area contributed by atoms with E-state index in [-0.39, 0.29) is 0 Å². The molecule has 18 heavy (non-hydrogen) atoms. The fourth-order valence-corrected chi connectivity index (χ4v) is 1.79. The molecule has 0 spiro atoms. The lowest BCUT2D eigenvalue weighted by Crippen LogP contribution is -2.16. The van der Waals surface area contributed by atoms with E-state index in [0.29, 0.717) is 17.0 Å². The van der Waals surface area contributed by atoms with Gasteiger partial charge in [0.25, 0.3) is 0 Å². The molecule has 1 rings (SSSR count). The highest BCUT2D eigenvalue weighted by molar-refractivity contribution is 9.10. The second kappa shape index (κ2) is 6.40. The molecular weight excluding hydrogens is 294 g/mol. The summed E-state index contributed by atoms with van der Waals surface area (Å²) in [5, 5.41) is 0. The van der Waals surface area contributed by atoms with Crippen LogP contribution in [-0.4, -0.2) is 32.4 Å². The highest BCUT2D eigenvalue weighted by atomic mass is 79.9. The summed E-state index contributed by atoms with van der Waals surface area (Å²) < 4.78 is 6.30. The minimum atomic E-state index is 0.463. The molecule has 0 radical (unpaired) electrons. The van der Waals surface area contributed by atoms with Crippen LogP contribution in [0.5, 0.6) is 0 Å². The third-order valence-electron chi connectivity index (χ3n) is 2.50. The highest BCUT2D eigenvalue weighted by Crippen LogP contribution is 2.25. The summed E-state index contributed by atoms with van der Waals surface area (Å²) in [6.07, 6.45) is 0.767. The van der Waals surface area contributed by atoms with Crippen molar-refractivity contribution < 1.29 is 9.53 Å². The van der Waals surface area contributed by atoms with Crippen LogP contribution in [0.2, 0.25) is 0 Å². The van der Waals surface area contributed by atoms with E-state index >= 15 is 0 Å². The number of benzene rings is 1. The number of halogens is 1. The Morgan fingerprint density at radius 3 is 2.28 bits per heavy atom. The summed E-state index contributed by atoms with van der Waals surface area (Å²) in [7, 11) is 5.11. The van der Waals surface area contributed by atoms with Gasteiger partial charge in [-0.2, -0.15) is 0 Å². The highest BCUT2D eigenvalue weighted by Gasteiger charge is 2.14. The summed E-state index contributed by atoms with van der Waals surface area (Å²) in [6.45, 7) is 3.99. The van der Waals surface area contributed by atoms with Gasteiger partial charge in [-0.3, -0.25) is 4.79 Å². The van der Waals surface area contributed by atoms with Crippen LogP contribution < -0.4 is 0 Å². The molecule has 0 aliphatic carbocycles. The number of ether oxygens (including phenoxy) is 1. The van der Waals surface area contributed by atoms with Crippen molar-refractivity contribution in [3.8, 4) is 0 Å². The smallest absolute Gasteiger partial charge is 0.169 e. The number of carbonyl (C=O) groups is 1. The molecular formula is C14H16BrNO2. The van der Waals surface area contributed by atoms with Gasteiger partial charge in [0, 0.05) is 24.1 Å². The largest absolute Gasteiger partial charge is 0.494 e. The zero-order chi connectivity index (χ0) is 13.7. The van der Waals surface area contributed by atoms with E-state index in [0.717, 1.165) is 16.3 Å². The maximum Gasteiger partial charge on any atom is 0.169 e. The molecule has 0 heterocycles. The monoisotopic (exact) mass is 309 g/mol. The van der Waals surface area contributed by atoms with Gasteiger partial charge in [0.05, 0.1) is 7.11 Å². The van der Waals surface area contributed by atoms with Crippen molar-refractivity contribution in [2.45, 2.75) is 0 Å². The summed E-state index contributed by atoms with van der Waals surface area (Å²) in [4.78, 5) is 12.8. The molecule has 1 aromatic carbocycles. The lowest BCUT2D eigenvalue weighted by molar-refractivity contribution is -0.106. The van der Waals surface area contributed by atoms with Crippen LogP contribution in [0.25, 0.3) is 5.57 Å². The third-order valence-corrected chi connectivity index (χ3v) is 3.03. The Morgan fingerprint density at radius 2 is 1.89 bits per heavy atom. The number of nitrogens with zero attached hydrogens (tertiary/aromatic N) is 1. The van der Waals surface area contributed by atoms with Crippen LogP contribution >= 0.6 is 15.9 Å². The maximum atomic E-state index is 11.1. The quantitative estimate of drug-likeness (QED) is 0.362. The van der Waals surface area contributed by atoms with Gasteiger partial charge in [-0.25, -0.2) is 0 Å². The topological polar surface area (TPSA) is 29.5 Å². The predicted molar refractivity (Wildman–Crippen MR) is 77.0 cm³/mol. The fraction of sp³-hybridized carbons (Fsp3) is 0.214. The molecule has 0 atom stereocenters. The second-order valence-corrected chi connectivity index (χ2v) is 4.83. The van der Waals surface area contributed by atoms with Crippen LogP contribution in [0.1, 0.15) is 5.56 Å². The zero-order valence-electron chi connectivity index (χ0n) is 10.7. The van der Waals surface area contributed by atoms with Crippen molar-refractivity contribution in [3.63, 3.8) is 0 Å². The average molecular weight is 310 g/mol. The third kappa shape index (κ3) is 3.23. The summed E-state index contributed by atoms with van der Waals surface area (Å²) >= 11 is 3.38. The molecule has 0 aromatic heterocycles. The van der Waals surface area contributed by atoms with Crippen molar-refractivity contribution >= 4 is 27.8 Å². The molecule has 0 aliphatic rings. The van der Waals surface area contributed by atoms with E-state index in [4.69, 9.17) is 4.74 Å². The van der Waals surface area contributed by atoms with Gasteiger partial charge in [0.1, 0.15) is 5.70 Å². The Labute approximate surface area is 116 Å². The first-order valence-electron chi connectivity index (χ1n) is 5.37. The number of allylic oxidation sites excluding steroid dienone is 2. The minimum absolute atomic E-state index is 0.463. The van der Waals surface area contributed by atoms with Crippen LogP contribution in [0.4, 0.5) is 0 Å². The molecule has 1 aromatic rings. The van der Waals surface area contributed by atoms with Crippen LogP contribution in [0, 0.1) is 0 Å². The zero-order valence-corrected chi connectivity index (χ0v) is 12.3. The summed E-state index contributed by atoms with van der Waals surface area (Å²) in [5.41, 5.74) is 2.06. The minimum Gasteiger partial charge on any atom is -0.494 e. The van der Waals surface area contributed by atoms with Crippen molar-refractivity contribution in [2.24, 2.45) is 0 Å².